The topological polar surface area (TPSA) is 3.24 Å². The quantitative estimate of drug-likeness (QED) is 0.545. The summed E-state index contributed by atoms with van der Waals surface area (Å²) in [6, 6.07) is 0. The van der Waals surface area contributed by atoms with Crippen LogP contribution < -0.4 is 0 Å². The van der Waals surface area contributed by atoms with E-state index in [1.807, 2.05) is 12.2 Å². The first-order chi connectivity index (χ1) is 5.16. The van der Waals surface area contributed by atoms with Crippen molar-refractivity contribution in [1.82, 2.24) is 4.90 Å². The van der Waals surface area contributed by atoms with Gasteiger partial charge < -0.3 is 4.90 Å². The van der Waals surface area contributed by atoms with Gasteiger partial charge in [0.2, 0.25) is 0 Å². The average molecular weight is 151 g/mol. The number of allylic oxidation sites excluding steroid dienone is 3. The maximum Gasteiger partial charge on any atom is 0.00155 e. The largest absolute Gasteiger partial charge is 0.309 e. The number of hydrogen-bond donors (Lipinski definition) is 0. The van der Waals surface area contributed by atoms with Gasteiger partial charge in [-0.25, -0.2) is 0 Å². The normalized spacial score (nSPS) is 10.8. The molecule has 0 aliphatic rings. The standard InChI is InChI=1S/C10H17N/c1-5-6-7-10(2)8-9-11(3)4/h5-7H,1-2,8-9H2,3-4H3. The molecule has 0 aromatic heterocycles. The van der Waals surface area contributed by atoms with E-state index in [0.29, 0.717) is 0 Å². The van der Waals surface area contributed by atoms with Gasteiger partial charge in [0, 0.05) is 6.54 Å². The van der Waals surface area contributed by atoms with Gasteiger partial charge in [-0.15, -0.1) is 0 Å². The van der Waals surface area contributed by atoms with E-state index < -0.39 is 0 Å². The molecule has 1 nitrogen and oxygen atoms in total. The summed E-state index contributed by atoms with van der Waals surface area (Å²) in [5.74, 6) is 0. The van der Waals surface area contributed by atoms with Crippen LogP contribution >= 0.6 is 0 Å². The monoisotopic (exact) mass is 151 g/mol. The molecule has 0 bridgehead atoms. The molecule has 0 spiro atoms. The van der Waals surface area contributed by atoms with Crippen LogP contribution in [0.5, 0.6) is 0 Å². The maximum absolute atomic E-state index is 3.90. The van der Waals surface area contributed by atoms with Gasteiger partial charge in [0.05, 0.1) is 0 Å². The molecular formula is C10H17N. The fourth-order valence-electron chi connectivity index (χ4n) is 0.655. The van der Waals surface area contributed by atoms with Crippen molar-refractivity contribution in [3.63, 3.8) is 0 Å². The first kappa shape index (κ1) is 10.2. The highest BCUT2D eigenvalue weighted by Crippen LogP contribution is 1.99. The van der Waals surface area contributed by atoms with Crippen LogP contribution in [0.4, 0.5) is 0 Å². The molecule has 0 saturated carbocycles. The molecule has 0 N–H and O–H groups in total. The fourth-order valence-corrected chi connectivity index (χ4v) is 0.655. The van der Waals surface area contributed by atoms with Crippen LogP contribution in [-0.4, -0.2) is 25.5 Å². The second-order valence-corrected chi connectivity index (χ2v) is 2.81. The summed E-state index contributed by atoms with van der Waals surface area (Å²) in [5.41, 5.74) is 1.15. The predicted octanol–water partition coefficient (Wildman–Crippen LogP) is 2.24. The van der Waals surface area contributed by atoms with E-state index >= 15 is 0 Å². The highest BCUT2D eigenvalue weighted by molar-refractivity contribution is 5.18. The Labute approximate surface area is 69.7 Å². The molecule has 62 valence electrons. The maximum atomic E-state index is 3.90. The number of hydrogen-bond acceptors (Lipinski definition) is 1. The van der Waals surface area contributed by atoms with E-state index in [9.17, 15) is 0 Å². The minimum atomic E-state index is 1.03. The van der Waals surface area contributed by atoms with Gasteiger partial charge in [0.1, 0.15) is 0 Å². The third-order valence-electron chi connectivity index (χ3n) is 1.35. The lowest BCUT2D eigenvalue weighted by molar-refractivity contribution is 0.414. The van der Waals surface area contributed by atoms with Gasteiger partial charge in [0.15, 0.2) is 0 Å². The highest BCUT2D eigenvalue weighted by Gasteiger charge is 1.90. The Morgan fingerprint density at radius 1 is 1.45 bits per heavy atom. The molecule has 0 aliphatic heterocycles. The minimum absolute atomic E-state index is 1.03. The molecule has 0 radical (unpaired) electrons. The lowest BCUT2D eigenvalue weighted by Crippen LogP contribution is -2.12. The fraction of sp³-hybridized carbons (Fsp3) is 0.400. The summed E-state index contributed by atoms with van der Waals surface area (Å²) in [6.07, 6.45) is 6.70. The summed E-state index contributed by atoms with van der Waals surface area (Å²) in [5, 5.41) is 0. The van der Waals surface area contributed by atoms with Crippen molar-refractivity contribution in [1.29, 1.82) is 0 Å². The Morgan fingerprint density at radius 2 is 2.09 bits per heavy atom. The lowest BCUT2D eigenvalue weighted by Gasteiger charge is -2.08. The van der Waals surface area contributed by atoms with Crippen molar-refractivity contribution in [2.45, 2.75) is 6.42 Å². The molecule has 0 fully saturated rings. The Balaban J connectivity index is 3.53. The van der Waals surface area contributed by atoms with Gasteiger partial charge in [-0.1, -0.05) is 37.0 Å². The van der Waals surface area contributed by atoms with Crippen molar-refractivity contribution in [2.75, 3.05) is 20.6 Å². The highest BCUT2D eigenvalue weighted by atomic mass is 15.0. The van der Waals surface area contributed by atoms with Crippen molar-refractivity contribution in [3.8, 4) is 0 Å². The van der Waals surface area contributed by atoms with Crippen LogP contribution in [0.3, 0.4) is 0 Å². The number of nitrogens with zero attached hydrogens (tertiary/aromatic N) is 1. The van der Waals surface area contributed by atoms with Gasteiger partial charge in [-0.05, 0) is 20.5 Å². The van der Waals surface area contributed by atoms with E-state index in [4.69, 9.17) is 0 Å². The minimum Gasteiger partial charge on any atom is -0.309 e. The van der Waals surface area contributed by atoms with Gasteiger partial charge in [0.25, 0.3) is 0 Å². The Kier molecular flexibility index (Phi) is 5.49. The van der Waals surface area contributed by atoms with E-state index in [-0.39, 0.29) is 0 Å². The van der Waals surface area contributed by atoms with Gasteiger partial charge in [-0.2, -0.15) is 0 Å². The lowest BCUT2D eigenvalue weighted by atomic mass is 10.2. The van der Waals surface area contributed by atoms with Crippen LogP contribution in [0.25, 0.3) is 0 Å². The van der Waals surface area contributed by atoms with Crippen molar-refractivity contribution >= 4 is 0 Å². The zero-order valence-corrected chi connectivity index (χ0v) is 7.51. The van der Waals surface area contributed by atoms with Crippen molar-refractivity contribution < 1.29 is 0 Å². The van der Waals surface area contributed by atoms with Crippen molar-refractivity contribution in [2.24, 2.45) is 0 Å². The third kappa shape index (κ3) is 7.07. The van der Waals surface area contributed by atoms with E-state index in [0.717, 1.165) is 18.5 Å². The van der Waals surface area contributed by atoms with E-state index in [1.165, 1.54) is 0 Å². The Hall–Kier alpha value is -0.820. The summed E-state index contributed by atoms with van der Waals surface area (Å²) in [6.45, 7) is 8.55. The molecule has 0 heterocycles. The molecule has 0 aromatic carbocycles. The Bertz CT molecular complexity index is 154. The van der Waals surface area contributed by atoms with E-state index in [1.54, 1.807) is 6.08 Å². The van der Waals surface area contributed by atoms with Crippen LogP contribution in [-0.2, 0) is 0 Å². The molecule has 0 amide bonds. The smallest absolute Gasteiger partial charge is 0.00155 e. The van der Waals surface area contributed by atoms with Crippen LogP contribution in [0.15, 0.2) is 37.0 Å². The third-order valence-corrected chi connectivity index (χ3v) is 1.35. The first-order valence-electron chi connectivity index (χ1n) is 3.78. The SMILES string of the molecule is C=CC=CC(=C)CCN(C)C. The molecular weight excluding hydrogens is 134 g/mol. The zero-order valence-electron chi connectivity index (χ0n) is 7.51. The molecule has 0 aliphatic carbocycles. The summed E-state index contributed by atoms with van der Waals surface area (Å²) in [7, 11) is 4.12. The predicted molar refractivity (Wildman–Crippen MR) is 51.6 cm³/mol. The van der Waals surface area contributed by atoms with E-state index in [2.05, 4.69) is 32.2 Å². The Morgan fingerprint density at radius 3 is 2.55 bits per heavy atom. The average Bonchev–Trinajstić information content (AvgIpc) is 1.97. The summed E-state index contributed by atoms with van der Waals surface area (Å²) < 4.78 is 0. The zero-order chi connectivity index (χ0) is 8.69. The van der Waals surface area contributed by atoms with Crippen LogP contribution in [0, 0.1) is 0 Å². The molecule has 11 heavy (non-hydrogen) atoms. The van der Waals surface area contributed by atoms with Crippen LogP contribution in [0.2, 0.25) is 0 Å². The molecule has 1 heteroatoms. The van der Waals surface area contributed by atoms with Crippen molar-refractivity contribution in [3.05, 3.63) is 37.0 Å². The second-order valence-electron chi connectivity index (χ2n) is 2.81. The molecule has 0 saturated heterocycles. The molecule has 0 aromatic rings. The molecule has 0 atom stereocenters. The van der Waals surface area contributed by atoms with Crippen LogP contribution in [0.1, 0.15) is 6.42 Å². The summed E-state index contributed by atoms with van der Waals surface area (Å²) >= 11 is 0. The second kappa shape index (κ2) is 5.93. The van der Waals surface area contributed by atoms with Gasteiger partial charge >= 0.3 is 0 Å². The first-order valence-corrected chi connectivity index (χ1v) is 3.78. The number of rotatable bonds is 5. The molecule has 0 rings (SSSR count). The molecule has 0 unspecified atom stereocenters. The van der Waals surface area contributed by atoms with Gasteiger partial charge in [-0.3, -0.25) is 0 Å². The summed E-state index contributed by atoms with van der Waals surface area (Å²) in [4.78, 5) is 2.15.